The number of hydrogen-bond acceptors (Lipinski definition) is 2. The van der Waals surface area contributed by atoms with Gasteiger partial charge in [-0.3, -0.25) is 0 Å². The molecule has 0 N–H and O–H groups in total. The molecule has 0 radical (unpaired) electrons. The fraction of sp³-hybridized carbons (Fsp3) is 1.00. The number of piperidine rings is 3. The van der Waals surface area contributed by atoms with Gasteiger partial charge in [0.2, 0.25) is 0 Å². The second-order valence-electron chi connectivity index (χ2n) is 7.32. The number of hydrogen-bond donors (Lipinski definition) is 0. The summed E-state index contributed by atoms with van der Waals surface area (Å²) in [5.41, 5.74) is 0. The first kappa shape index (κ1) is 21.0. The van der Waals surface area contributed by atoms with Crippen LogP contribution in [0.25, 0.3) is 0 Å². The second kappa shape index (κ2) is 11.5. The van der Waals surface area contributed by atoms with Gasteiger partial charge in [0, 0.05) is 24.2 Å². The minimum Gasteiger partial charge on any atom is -0.300 e. The molecule has 2 unspecified atom stereocenters. The van der Waals surface area contributed by atoms with E-state index in [9.17, 15) is 0 Å². The molecule has 4 aliphatic heterocycles. The lowest BCUT2D eigenvalue weighted by atomic mass is 9.85. The van der Waals surface area contributed by atoms with E-state index in [2.05, 4.69) is 23.9 Å². The van der Waals surface area contributed by atoms with Crippen LogP contribution in [0.5, 0.6) is 0 Å². The lowest BCUT2D eigenvalue weighted by Crippen LogP contribution is -2.46. The molecule has 4 heterocycles. The molecular formula is C21H44N2. The van der Waals surface area contributed by atoms with Crippen molar-refractivity contribution in [3.8, 4) is 0 Å². The maximum Gasteiger partial charge on any atom is 0.00957 e. The van der Waals surface area contributed by atoms with Gasteiger partial charge in [-0.25, -0.2) is 0 Å². The van der Waals surface area contributed by atoms with Crippen LogP contribution in [-0.4, -0.2) is 48.1 Å². The monoisotopic (exact) mass is 324 g/mol. The lowest BCUT2D eigenvalue weighted by Gasteiger charge is -2.43. The highest BCUT2D eigenvalue weighted by Crippen LogP contribution is 2.33. The van der Waals surface area contributed by atoms with E-state index in [0.717, 1.165) is 24.2 Å². The fourth-order valence-corrected chi connectivity index (χ4v) is 4.95. The quantitative estimate of drug-likeness (QED) is 0.563. The molecule has 4 bridgehead atoms. The highest BCUT2D eigenvalue weighted by molar-refractivity contribution is 4.89. The average Bonchev–Trinajstić information content (AvgIpc) is 2.80. The third kappa shape index (κ3) is 5.74. The molecule has 0 aliphatic carbocycles. The molecule has 4 aliphatic rings. The minimum absolute atomic E-state index is 0.951. The zero-order valence-corrected chi connectivity index (χ0v) is 17.0. The Kier molecular flexibility index (Phi) is 10.5. The van der Waals surface area contributed by atoms with E-state index >= 15 is 0 Å². The van der Waals surface area contributed by atoms with Crippen LogP contribution in [0.15, 0.2) is 0 Å². The summed E-state index contributed by atoms with van der Waals surface area (Å²) in [6, 6.07) is 3.83. The molecule has 138 valence electrons. The predicted molar refractivity (Wildman–Crippen MR) is 104 cm³/mol. The van der Waals surface area contributed by atoms with Crippen molar-refractivity contribution in [2.75, 3.05) is 14.1 Å². The van der Waals surface area contributed by atoms with E-state index in [0.29, 0.717) is 0 Å². The van der Waals surface area contributed by atoms with Crippen molar-refractivity contribution in [2.24, 2.45) is 0 Å². The molecule has 2 heteroatoms. The van der Waals surface area contributed by atoms with Crippen molar-refractivity contribution in [3.05, 3.63) is 0 Å². The molecule has 4 saturated heterocycles. The second-order valence-corrected chi connectivity index (χ2v) is 7.32. The number of nitrogens with zero attached hydrogens (tertiary/aromatic N) is 2. The van der Waals surface area contributed by atoms with Crippen LogP contribution in [0.2, 0.25) is 0 Å². The van der Waals surface area contributed by atoms with Crippen LogP contribution in [0.1, 0.15) is 98.3 Å². The molecule has 2 atom stereocenters. The largest absolute Gasteiger partial charge is 0.300 e. The SMILES string of the molecule is CC.CC.CN1C2CCCC1CC2.CN1C2CCCC1CCC2. The van der Waals surface area contributed by atoms with Gasteiger partial charge in [0.15, 0.2) is 0 Å². The van der Waals surface area contributed by atoms with Gasteiger partial charge in [0.05, 0.1) is 0 Å². The Morgan fingerprint density at radius 2 is 0.652 bits per heavy atom. The van der Waals surface area contributed by atoms with Crippen LogP contribution in [0.4, 0.5) is 0 Å². The number of rotatable bonds is 0. The van der Waals surface area contributed by atoms with E-state index < -0.39 is 0 Å². The molecule has 0 saturated carbocycles. The molecule has 2 nitrogen and oxygen atoms in total. The minimum atomic E-state index is 0.951. The highest BCUT2D eigenvalue weighted by atomic mass is 15.2. The van der Waals surface area contributed by atoms with Gasteiger partial charge < -0.3 is 9.80 Å². The van der Waals surface area contributed by atoms with Crippen molar-refractivity contribution >= 4 is 0 Å². The van der Waals surface area contributed by atoms with Crippen molar-refractivity contribution in [1.29, 1.82) is 0 Å². The highest BCUT2D eigenvalue weighted by Gasteiger charge is 2.33. The van der Waals surface area contributed by atoms with E-state index in [1.807, 2.05) is 27.7 Å². The van der Waals surface area contributed by atoms with E-state index in [1.54, 1.807) is 0 Å². The predicted octanol–water partition coefficient (Wildman–Crippen LogP) is 5.71. The topological polar surface area (TPSA) is 6.48 Å². The maximum atomic E-state index is 2.62. The summed E-state index contributed by atoms with van der Waals surface area (Å²) in [4.78, 5) is 5.20. The Morgan fingerprint density at radius 3 is 0.870 bits per heavy atom. The fourth-order valence-electron chi connectivity index (χ4n) is 4.95. The molecule has 0 aromatic carbocycles. The van der Waals surface area contributed by atoms with Crippen LogP contribution in [0.3, 0.4) is 0 Å². The first-order chi connectivity index (χ1) is 11.3. The summed E-state index contributed by atoms with van der Waals surface area (Å²) >= 11 is 0. The van der Waals surface area contributed by atoms with Crippen LogP contribution in [-0.2, 0) is 0 Å². The zero-order valence-electron chi connectivity index (χ0n) is 17.0. The van der Waals surface area contributed by atoms with Crippen LogP contribution < -0.4 is 0 Å². The molecule has 0 spiro atoms. The summed E-state index contributed by atoms with van der Waals surface area (Å²) in [5, 5.41) is 0. The van der Waals surface area contributed by atoms with Gasteiger partial charge in [0.25, 0.3) is 0 Å². The molecular weight excluding hydrogens is 280 g/mol. The summed E-state index contributed by atoms with van der Waals surface area (Å²) in [5.74, 6) is 0. The normalized spacial score (nSPS) is 35.7. The first-order valence-electron chi connectivity index (χ1n) is 10.7. The van der Waals surface area contributed by atoms with Gasteiger partial charge in [-0.2, -0.15) is 0 Å². The molecule has 0 aromatic rings. The Balaban J connectivity index is 0.000000190. The van der Waals surface area contributed by atoms with Gasteiger partial charge in [0.1, 0.15) is 0 Å². The van der Waals surface area contributed by atoms with Crippen LogP contribution in [0, 0.1) is 0 Å². The Hall–Kier alpha value is -0.0800. The van der Waals surface area contributed by atoms with E-state index in [1.165, 1.54) is 70.6 Å². The summed E-state index contributed by atoms with van der Waals surface area (Å²) in [7, 11) is 4.61. The van der Waals surface area contributed by atoms with E-state index in [4.69, 9.17) is 0 Å². The lowest BCUT2D eigenvalue weighted by molar-refractivity contribution is 0.0673. The number of fused-ring (bicyclic) bond motifs is 4. The maximum absolute atomic E-state index is 2.62. The Bertz CT molecular complexity index is 254. The third-order valence-electron chi connectivity index (χ3n) is 6.36. The van der Waals surface area contributed by atoms with E-state index in [-0.39, 0.29) is 0 Å². The summed E-state index contributed by atoms with van der Waals surface area (Å²) < 4.78 is 0. The molecule has 4 fully saturated rings. The van der Waals surface area contributed by atoms with Gasteiger partial charge >= 0.3 is 0 Å². The summed E-state index contributed by atoms with van der Waals surface area (Å²) in [6.45, 7) is 8.00. The van der Waals surface area contributed by atoms with Crippen molar-refractivity contribution < 1.29 is 0 Å². The van der Waals surface area contributed by atoms with Crippen molar-refractivity contribution in [3.63, 3.8) is 0 Å². The Morgan fingerprint density at radius 1 is 0.435 bits per heavy atom. The van der Waals surface area contributed by atoms with Gasteiger partial charge in [-0.05, 0) is 65.5 Å². The van der Waals surface area contributed by atoms with Gasteiger partial charge in [-0.1, -0.05) is 47.0 Å². The average molecular weight is 325 g/mol. The Labute approximate surface area is 147 Å². The molecule has 0 amide bonds. The zero-order chi connectivity index (χ0) is 17.2. The molecule has 4 rings (SSSR count). The summed E-state index contributed by atoms with van der Waals surface area (Å²) in [6.07, 6.45) is 16.2. The van der Waals surface area contributed by atoms with Crippen LogP contribution >= 0.6 is 0 Å². The smallest absolute Gasteiger partial charge is 0.00957 e. The van der Waals surface area contributed by atoms with Crippen molar-refractivity contribution in [1.82, 2.24) is 9.80 Å². The van der Waals surface area contributed by atoms with Crippen molar-refractivity contribution in [2.45, 2.75) is 122 Å². The molecule has 23 heavy (non-hydrogen) atoms. The first-order valence-corrected chi connectivity index (χ1v) is 10.7. The third-order valence-corrected chi connectivity index (χ3v) is 6.36. The van der Waals surface area contributed by atoms with Gasteiger partial charge in [-0.15, -0.1) is 0 Å². The molecule has 0 aromatic heterocycles. The standard InChI is InChI=1S/C9H17N.C8H15N.2C2H6/c1-10-8-4-2-5-9(10)7-3-6-8;1-9-7-3-2-4-8(9)6-5-7;2*1-2/h8-9H,2-7H2,1H3;7-8H,2-6H2,1H3;2*1-2H3.